The fourth-order valence-electron chi connectivity index (χ4n) is 4.59. The molecule has 10 nitrogen and oxygen atoms in total. The van der Waals surface area contributed by atoms with E-state index in [9.17, 15) is 24.3 Å². The molecule has 10 heteroatoms. The van der Waals surface area contributed by atoms with Crippen molar-refractivity contribution in [3.05, 3.63) is 132 Å². The fraction of sp³-hybridized carbons (Fsp3) is 0.152. The van der Waals surface area contributed by atoms with Crippen LogP contribution < -0.4 is 15.0 Å². The molecule has 0 aliphatic carbocycles. The first kappa shape index (κ1) is 28.9. The van der Waals surface area contributed by atoms with E-state index in [4.69, 9.17) is 9.47 Å². The normalized spacial score (nSPS) is 14.0. The van der Waals surface area contributed by atoms with Gasteiger partial charge in [0.15, 0.2) is 0 Å². The average Bonchev–Trinajstić information content (AvgIpc) is 3.04. The number of likely N-dealkylation sites (tertiary alicyclic amines) is 1. The molecule has 4 aromatic carbocycles. The number of rotatable bonds is 10. The summed E-state index contributed by atoms with van der Waals surface area (Å²) in [6, 6.07) is 33.1. The summed E-state index contributed by atoms with van der Waals surface area (Å²) in [5.74, 6) is -1.41. The maximum atomic E-state index is 13.2. The van der Waals surface area contributed by atoms with Crippen molar-refractivity contribution in [2.45, 2.75) is 18.8 Å². The Kier molecular flexibility index (Phi) is 8.96. The van der Waals surface area contributed by atoms with Gasteiger partial charge in [-0.15, -0.1) is 0 Å². The van der Waals surface area contributed by atoms with Crippen LogP contribution in [0.5, 0.6) is 5.75 Å². The number of β-lactam (4-membered cyclic amide) rings is 1. The van der Waals surface area contributed by atoms with E-state index in [1.807, 2.05) is 78.9 Å². The van der Waals surface area contributed by atoms with Crippen LogP contribution in [0.4, 0.5) is 15.3 Å². The van der Waals surface area contributed by atoms with Crippen molar-refractivity contribution >= 4 is 29.7 Å². The molecule has 1 heterocycles. The Balaban J connectivity index is 1.23. The summed E-state index contributed by atoms with van der Waals surface area (Å²) in [6.07, 6.45) is -1.19. The molecule has 1 saturated heterocycles. The van der Waals surface area contributed by atoms with Gasteiger partial charge >= 0.3 is 18.1 Å². The Bertz CT molecular complexity index is 1530. The first-order valence-electron chi connectivity index (χ1n) is 13.6. The zero-order chi connectivity index (χ0) is 30.2. The van der Waals surface area contributed by atoms with Gasteiger partial charge < -0.3 is 19.9 Å². The van der Waals surface area contributed by atoms with Crippen LogP contribution in [-0.2, 0) is 20.9 Å². The summed E-state index contributed by atoms with van der Waals surface area (Å²) in [4.78, 5) is 51.6. The van der Waals surface area contributed by atoms with Gasteiger partial charge in [-0.1, -0.05) is 91.0 Å². The van der Waals surface area contributed by atoms with Crippen LogP contribution in [0.2, 0.25) is 0 Å². The molecule has 4 amide bonds. The van der Waals surface area contributed by atoms with Crippen molar-refractivity contribution < 1.29 is 33.8 Å². The summed E-state index contributed by atoms with van der Waals surface area (Å²) in [6.45, 7) is -0.762. The molecule has 4 aromatic rings. The highest BCUT2D eigenvalue weighted by atomic mass is 16.5. The third-order valence-electron chi connectivity index (χ3n) is 6.80. The summed E-state index contributed by atoms with van der Waals surface area (Å²) in [5, 5.41) is 11.9. The number of aliphatic carboxylic acids is 1. The number of carboxylic acids is 1. The Morgan fingerprint density at radius 3 is 1.93 bits per heavy atom. The molecular weight excluding hydrogens is 550 g/mol. The van der Waals surface area contributed by atoms with Crippen LogP contribution in [0.1, 0.15) is 22.8 Å². The summed E-state index contributed by atoms with van der Waals surface area (Å²) in [7, 11) is 0. The van der Waals surface area contributed by atoms with Gasteiger partial charge in [0, 0.05) is 5.69 Å². The number of carbonyl (C=O) groups excluding carboxylic acids is 3. The second kappa shape index (κ2) is 13.3. The quantitative estimate of drug-likeness (QED) is 0.253. The number of carboxylic acid groups (broad SMARTS) is 1. The Labute approximate surface area is 248 Å². The summed E-state index contributed by atoms with van der Waals surface area (Å²) in [5.41, 5.74) is 2.95. The topological polar surface area (TPSA) is 125 Å². The van der Waals surface area contributed by atoms with E-state index in [0.29, 0.717) is 5.75 Å². The standard InChI is InChI=1S/C33H29N3O7/c37-29(38)21-35(33(41)36-20-28(31(36)39)34-32(40)42-22-23-10-4-1-5-11-23)26-16-18-27(19-17-26)43-30(24-12-6-2-7-13-24)25-14-8-3-9-15-25/h1-19,28,30H,20-22H2,(H,34,40)(H,37,38). The molecule has 1 aliphatic heterocycles. The first-order chi connectivity index (χ1) is 20.9. The van der Waals surface area contributed by atoms with E-state index in [0.717, 1.165) is 26.5 Å². The second-order valence-electron chi connectivity index (χ2n) is 9.78. The SMILES string of the molecule is O=C(O)CN(C(=O)N1CC(NC(=O)OCc2ccccc2)C1=O)c1ccc(OC(c2ccccc2)c2ccccc2)cc1. The number of nitrogens with zero attached hydrogens (tertiary/aromatic N) is 2. The maximum absolute atomic E-state index is 13.2. The molecule has 0 spiro atoms. The van der Waals surface area contributed by atoms with Crippen molar-refractivity contribution in [2.75, 3.05) is 18.0 Å². The molecule has 1 atom stereocenters. The number of nitrogens with one attached hydrogen (secondary N) is 1. The number of amides is 4. The average molecular weight is 580 g/mol. The number of imide groups is 1. The highest BCUT2D eigenvalue weighted by Gasteiger charge is 2.44. The third kappa shape index (κ3) is 7.17. The van der Waals surface area contributed by atoms with Gasteiger partial charge in [0.05, 0.1) is 6.54 Å². The lowest BCUT2D eigenvalue weighted by Gasteiger charge is -2.39. The van der Waals surface area contributed by atoms with Gasteiger partial charge in [-0.2, -0.15) is 0 Å². The van der Waals surface area contributed by atoms with E-state index in [1.165, 1.54) is 0 Å². The van der Waals surface area contributed by atoms with E-state index < -0.39 is 42.7 Å². The number of alkyl carbamates (subject to hydrolysis) is 1. The van der Waals surface area contributed by atoms with Crippen LogP contribution in [0.3, 0.4) is 0 Å². The predicted molar refractivity (Wildman–Crippen MR) is 157 cm³/mol. The Hall–Kier alpha value is -5.64. The summed E-state index contributed by atoms with van der Waals surface area (Å²) < 4.78 is 11.5. The maximum Gasteiger partial charge on any atom is 0.408 e. The molecule has 1 aliphatic rings. The zero-order valence-corrected chi connectivity index (χ0v) is 23.0. The number of hydrogen-bond acceptors (Lipinski definition) is 6. The van der Waals surface area contributed by atoms with Crippen LogP contribution in [0.15, 0.2) is 115 Å². The Morgan fingerprint density at radius 1 is 0.837 bits per heavy atom. The van der Waals surface area contributed by atoms with Crippen molar-refractivity contribution in [3.8, 4) is 5.75 Å². The third-order valence-corrected chi connectivity index (χ3v) is 6.80. The molecule has 1 fully saturated rings. The van der Waals surface area contributed by atoms with Gasteiger partial charge in [-0.05, 0) is 41.0 Å². The fourth-order valence-corrected chi connectivity index (χ4v) is 4.59. The predicted octanol–water partition coefficient (Wildman–Crippen LogP) is 5.00. The van der Waals surface area contributed by atoms with Crippen LogP contribution in [-0.4, -0.2) is 53.1 Å². The van der Waals surface area contributed by atoms with Gasteiger partial charge in [-0.25, -0.2) is 9.59 Å². The molecule has 5 rings (SSSR count). The smallest absolute Gasteiger partial charge is 0.408 e. The van der Waals surface area contributed by atoms with E-state index >= 15 is 0 Å². The lowest BCUT2D eigenvalue weighted by molar-refractivity contribution is -0.139. The number of carbonyl (C=O) groups is 4. The lowest BCUT2D eigenvalue weighted by Crippen LogP contribution is -2.67. The molecule has 0 bridgehead atoms. The van der Waals surface area contributed by atoms with Gasteiger partial charge in [0.2, 0.25) is 0 Å². The van der Waals surface area contributed by atoms with Crippen molar-refractivity contribution in [1.82, 2.24) is 10.2 Å². The largest absolute Gasteiger partial charge is 0.481 e. The van der Waals surface area contributed by atoms with E-state index in [1.54, 1.807) is 36.4 Å². The molecule has 0 radical (unpaired) electrons. The van der Waals surface area contributed by atoms with Gasteiger partial charge in [0.1, 0.15) is 31.0 Å². The molecule has 0 aromatic heterocycles. The number of hydrogen-bond donors (Lipinski definition) is 2. The van der Waals surface area contributed by atoms with Crippen molar-refractivity contribution in [1.29, 1.82) is 0 Å². The monoisotopic (exact) mass is 579 g/mol. The van der Waals surface area contributed by atoms with Crippen molar-refractivity contribution in [2.24, 2.45) is 0 Å². The number of benzene rings is 4. The van der Waals surface area contributed by atoms with Crippen LogP contribution in [0.25, 0.3) is 0 Å². The Morgan fingerprint density at radius 2 is 1.40 bits per heavy atom. The van der Waals surface area contributed by atoms with Gasteiger partial charge in [0.25, 0.3) is 5.91 Å². The van der Waals surface area contributed by atoms with E-state index in [-0.39, 0.29) is 18.8 Å². The molecule has 43 heavy (non-hydrogen) atoms. The molecule has 218 valence electrons. The molecule has 0 saturated carbocycles. The highest BCUT2D eigenvalue weighted by Crippen LogP contribution is 2.30. The minimum absolute atomic E-state index is 0.0276. The van der Waals surface area contributed by atoms with E-state index in [2.05, 4.69) is 5.32 Å². The van der Waals surface area contributed by atoms with Crippen LogP contribution in [0, 0.1) is 0 Å². The number of anilines is 1. The number of urea groups is 1. The highest BCUT2D eigenvalue weighted by molar-refractivity contribution is 6.09. The minimum atomic E-state index is -1.26. The van der Waals surface area contributed by atoms with Gasteiger partial charge in [-0.3, -0.25) is 19.4 Å². The molecule has 2 N–H and O–H groups in total. The summed E-state index contributed by atoms with van der Waals surface area (Å²) >= 11 is 0. The lowest BCUT2D eigenvalue weighted by atomic mass is 10.0. The van der Waals surface area contributed by atoms with Crippen LogP contribution >= 0.6 is 0 Å². The minimum Gasteiger partial charge on any atom is -0.481 e. The zero-order valence-electron chi connectivity index (χ0n) is 23.0. The first-order valence-corrected chi connectivity index (χ1v) is 13.6. The molecular formula is C33H29N3O7. The number of ether oxygens (including phenoxy) is 2. The molecule has 1 unspecified atom stereocenters. The second-order valence-corrected chi connectivity index (χ2v) is 9.78. The van der Waals surface area contributed by atoms with Crippen molar-refractivity contribution in [3.63, 3.8) is 0 Å².